The summed E-state index contributed by atoms with van der Waals surface area (Å²) < 4.78 is 36.3. The van der Waals surface area contributed by atoms with Gasteiger partial charge in [-0.2, -0.15) is 0 Å². The van der Waals surface area contributed by atoms with Crippen LogP contribution in [0.1, 0.15) is 15.9 Å². The van der Waals surface area contributed by atoms with E-state index >= 15 is 0 Å². The number of carbonyl (C=O) groups is 1. The predicted octanol–water partition coefficient (Wildman–Crippen LogP) is 3.41. The van der Waals surface area contributed by atoms with Gasteiger partial charge in [-0.3, -0.25) is 4.79 Å². The highest BCUT2D eigenvalue weighted by atomic mass is 19.2. The lowest BCUT2D eigenvalue weighted by atomic mass is 10.0. The molecule has 0 fully saturated rings. The minimum absolute atomic E-state index is 0.00540. The minimum Gasteiger partial charge on any atom is -0.497 e. The topological polar surface area (TPSA) is 35.5 Å². The van der Waals surface area contributed by atoms with E-state index in [4.69, 9.17) is 9.47 Å². The fourth-order valence-electron chi connectivity index (χ4n) is 1.96. The van der Waals surface area contributed by atoms with Gasteiger partial charge in [-0.25, -0.2) is 8.78 Å². The first kappa shape index (κ1) is 15.0. The number of ether oxygens (including phenoxy) is 2. The second-order valence-electron chi connectivity index (χ2n) is 4.41. The van der Waals surface area contributed by atoms with E-state index in [-0.39, 0.29) is 17.8 Å². The standard InChI is InChI=1S/C16H14F2O3/c1-20-12-4-6-16(21-2)11(7-12)9-15(19)10-3-5-13(17)14(18)8-10/h3-8H,9H2,1-2H3. The number of ketones is 1. The molecule has 110 valence electrons. The number of rotatable bonds is 5. The van der Waals surface area contributed by atoms with Gasteiger partial charge in [-0.15, -0.1) is 0 Å². The van der Waals surface area contributed by atoms with Crippen molar-refractivity contribution in [1.29, 1.82) is 0 Å². The maximum atomic E-state index is 13.2. The molecule has 0 saturated carbocycles. The van der Waals surface area contributed by atoms with Crippen molar-refractivity contribution in [2.45, 2.75) is 6.42 Å². The van der Waals surface area contributed by atoms with Crippen LogP contribution < -0.4 is 9.47 Å². The van der Waals surface area contributed by atoms with Crippen molar-refractivity contribution in [3.8, 4) is 11.5 Å². The smallest absolute Gasteiger partial charge is 0.167 e. The molecule has 0 heterocycles. The van der Waals surface area contributed by atoms with Gasteiger partial charge in [0.2, 0.25) is 0 Å². The number of carbonyl (C=O) groups excluding carboxylic acids is 1. The lowest BCUT2D eigenvalue weighted by molar-refractivity contribution is 0.0991. The molecule has 0 amide bonds. The van der Waals surface area contributed by atoms with Crippen molar-refractivity contribution in [3.05, 3.63) is 59.2 Å². The molecule has 0 saturated heterocycles. The van der Waals surface area contributed by atoms with E-state index in [1.54, 1.807) is 18.2 Å². The lowest BCUT2D eigenvalue weighted by Gasteiger charge is -2.10. The molecule has 0 aromatic heterocycles. The SMILES string of the molecule is COc1ccc(OC)c(CC(=O)c2ccc(F)c(F)c2)c1. The van der Waals surface area contributed by atoms with Gasteiger partial charge in [0.1, 0.15) is 11.5 Å². The second kappa shape index (κ2) is 6.35. The summed E-state index contributed by atoms with van der Waals surface area (Å²) in [5.74, 6) is -1.24. The summed E-state index contributed by atoms with van der Waals surface area (Å²) >= 11 is 0. The molecule has 0 spiro atoms. The molecule has 0 atom stereocenters. The average Bonchev–Trinajstić information content (AvgIpc) is 2.49. The van der Waals surface area contributed by atoms with Crippen LogP contribution in [0.15, 0.2) is 36.4 Å². The molecule has 0 aliphatic carbocycles. The highest BCUT2D eigenvalue weighted by Crippen LogP contribution is 2.25. The molecule has 0 bridgehead atoms. The van der Waals surface area contributed by atoms with E-state index in [0.29, 0.717) is 17.1 Å². The Balaban J connectivity index is 2.28. The van der Waals surface area contributed by atoms with Gasteiger partial charge in [0.15, 0.2) is 17.4 Å². The summed E-state index contributed by atoms with van der Waals surface area (Å²) in [6, 6.07) is 8.16. The Morgan fingerprint density at radius 3 is 2.38 bits per heavy atom. The number of methoxy groups -OCH3 is 2. The number of benzene rings is 2. The molecule has 2 aromatic carbocycles. The fourth-order valence-corrected chi connectivity index (χ4v) is 1.96. The van der Waals surface area contributed by atoms with Crippen molar-refractivity contribution in [3.63, 3.8) is 0 Å². The van der Waals surface area contributed by atoms with E-state index in [1.165, 1.54) is 20.3 Å². The van der Waals surface area contributed by atoms with Gasteiger partial charge in [0.25, 0.3) is 0 Å². The summed E-state index contributed by atoms with van der Waals surface area (Å²) in [5.41, 5.74) is 0.727. The minimum atomic E-state index is -1.04. The molecule has 0 unspecified atom stereocenters. The first-order chi connectivity index (χ1) is 10.0. The highest BCUT2D eigenvalue weighted by molar-refractivity contribution is 5.97. The molecule has 5 heteroatoms. The average molecular weight is 292 g/mol. The second-order valence-corrected chi connectivity index (χ2v) is 4.41. The molecule has 21 heavy (non-hydrogen) atoms. The summed E-state index contributed by atoms with van der Waals surface area (Å²) in [5, 5.41) is 0. The maximum Gasteiger partial charge on any atom is 0.167 e. The molecule has 0 N–H and O–H groups in total. The zero-order valence-electron chi connectivity index (χ0n) is 11.7. The predicted molar refractivity (Wildman–Crippen MR) is 73.9 cm³/mol. The van der Waals surface area contributed by atoms with Crippen LogP contribution in [0.25, 0.3) is 0 Å². The molecule has 0 radical (unpaired) electrons. The molecular formula is C16H14F2O3. The Hall–Kier alpha value is -2.43. The Morgan fingerprint density at radius 2 is 1.76 bits per heavy atom. The third-order valence-electron chi connectivity index (χ3n) is 3.08. The summed E-state index contributed by atoms with van der Waals surface area (Å²) in [6.07, 6.45) is 0.00540. The van der Waals surface area contributed by atoms with Crippen LogP contribution in [0.5, 0.6) is 11.5 Å². The maximum absolute atomic E-state index is 13.2. The monoisotopic (exact) mass is 292 g/mol. The van der Waals surface area contributed by atoms with E-state index in [0.717, 1.165) is 12.1 Å². The van der Waals surface area contributed by atoms with E-state index in [2.05, 4.69) is 0 Å². The van der Waals surface area contributed by atoms with Crippen molar-refractivity contribution in [2.24, 2.45) is 0 Å². The van der Waals surface area contributed by atoms with E-state index in [9.17, 15) is 13.6 Å². The normalized spacial score (nSPS) is 10.3. The summed E-state index contributed by atoms with van der Waals surface area (Å²) in [7, 11) is 3.01. The Labute approximate surface area is 121 Å². The van der Waals surface area contributed by atoms with Crippen LogP contribution in [0.4, 0.5) is 8.78 Å². The van der Waals surface area contributed by atoms with E-state index in [1.807, 2.05) is 0 Å². The van der Waals surface area contributed by atoms with Crippen molar-refractivity contribution >= 4 is 5.78 Å². The number of hydrogen-bond acceptors (Lipinski definition) is 3. The van der Waals surface area contributed by atoms with Gasteiger partial charge in [-0.05, 0) is 36.4 Å². The zero-order chi connectivity index (χ0) is 15.4. The van der Waals surface area contributed by atoms with Gasteiger partial charge in [0, 0.05) is 17.5 Å². The van der Waals surface area contributed by atoms with E-state index < -0.39 is 11.6 Å². The van der Waals surface area contributed by atoms with Crippen LogP contribution in [0.3, 0.4) is 0 Å². The van der Waals surface area contributed by atoms with Gasteiger partial charge >= 0.3 is 0 Å². The Morgan fingerprint density at radius 1 is 1.00 bits per heavy atom. The van der Waals surface area contributed by atoms with Gasteiger partial charge in [-0.1, -0.05) is 0 Å². The van der Waals surface area contributed by atoms with Crippen molar-refractivity contribution in [1.82, 2.24) is 0 Å². The lowest BCUT2D eigenvalue weighted by Crippen LogP contribution is -2.06. The first-order valence-corrected chi connectivity index (χ1v) is 6.24. The van der Waals surface area contributed by atoms with Gasteiger partial charge in [0.05, 0.1) is 14.2 Å². The van der Waals surface area contributed by atoms with Crippen LogP contribution in [-0.2, 0) is 6.42 Å². The number of Topliss-reactive ketones (excluding diaryl/α,β-unsaturated/α-hetero) is 1. The molecule has 2 rings (SSSR count). The third kappa shape index (κ3) is 3.37. The van der Waals surface area contributed by atoms with Crippen molar-refractivity contribution in [2.75, 3.05) is 14.2 Å². The van der Waals surface area contributed by atoms with Crippen molar-refractivity contribution < 1.29 is 23.0 Å². The van der Waals surface area contributed by atoms with Crippen LogP contribution in [0, 0.1) is 11.6 Å². The number of halogens is 2. The molecular weight excluding hydrogens is 278 g/mol. The highest BCUT2D eigenvalue weighted by Gasteiger charge is 2.14. The zero-order valence-corrected chi connectivity index (χ0v) is 11.7. The quantitative estimate of drug-likeness (QED) is 0.792. The third-order valence-corrected chi connectivity index (χ3v) is 3.08. The first-order valence-electron chi connectivity index (χ1n) is 6.24. The molecule has 2 aromatic rings. The van der Waals surface area contributed by atoms with Crippen LogP contribution in [-0.4, -0.2) is 20.0 Å². The van der Waals surface area contributed by atoms with Crippen LogP contribution >= 0.6 is 0 Å². The molecule has 3 nitrogen and oxygen atoms in total. The number of hydrogen-bond donors (Lipinski definition) is 0. The summed E-state index contributed by atoms with van der Waals surface area (Å²) in [4.78, 5) is 12.2. The largest absolute Gasteiger partial charge is 0.497 e. The summed E-state index contributed by atoms with van der Waals surface area (Å²) in [6.45, 7) is 0. The molecule has 0 aliphatic rings. The fraction of sp³-hybridized carbons (Fsp3) is 0.188. The Bertz CT molecular complexity index is 669. The molecule has 0 aliphatic heterocycles. The van der Waals surface area contributed by atoms with Gasteiger partial charge < -0.3 is 9.47 Å². The Kier molecular flexibility index (Phi) is 4.52. The van der Waals surface area contributed by atoms with Crippen LogP contribution in [0.2, 0.25) is 0 Å².